The summed E-state index contributed by atoms with van der Waals surface area (Å²) in [5.41, 5.74) is 3.97. The Morgan fingerprint density at radius 1 is 0.656 bits per heavy atom. The van der Waals surface area contributed by atoms with Crippen molar-refractivity contribution in [1.29, 1.82) is 0 Å². The number of rotatable bonds is 9. The molecule has 0 heterocycles. The van der Waals surface area contributed by atoms with E-state index in [0.717, 1.165) is 39.5 Å². The fraction of sp³-hybridized carbons (Fsp3) is 0.357. The third-order valence-electron chi connectivity index (χ3n) is 5.73. The van der Waals surface area contributed by atoms with Crippen LogP contribution < -0.4 is 14.2 Å². The van der Waals surface area contributed by atoms with Gasteiger partial charge in [-0.3, -0.25) is 0 Å². The summed E-state index contributed by atoms with van der Waals surface area (Å²) < 4.78 is 23.7. The van der Waals surface area contributed by atoms with Gasteiger partial charge in [0.25, 0.3) is 0 Å². The first kappa shape index (κ1) is 23.7. The van der Waals surface area contributed by atoms with E-state index in [2.05, 4.69) is 39.8 Å². The topological polar surface area (TPSA) is 36.9 Å². The van der Waals surface area contributed by atoms with Gasteiger partial charge in [-0.05, 0) is 24.5 Å². The predicted octanol–water partition coefficient (Wildman–Crippen LogP) is 6.87. The minimum Gasteiger partial charge on any atom is -0.496 e. The standard InChI is InChI=1S/C28H34O4/c1-20(28(2,3)4)31-18-19-32-27-23(21-12-7-9-16-25(21)29-5)14-11-15-24(27)22-13-8-10-17-26(22)30-6/h7-17,20H,18-19H2,1-6H3. The van der Waals surface area contributed by atoms with Crippen LogP contribution in [0.4, 0.5) is 0 Å². The van der Waals surface area contributed by atoms with E-state index in [1.54, 1.807) is 14.2 Å². The van der Waals surface area contributed by atoms with Crippen LogP contribution in [0, 0.1) is 5.41 Å². The van der Waals surface area contributed by atoms with Gasteiger partial charge in [-0.2, -0.15) is 0 Å². The molecule has 0 fully saturated rings. The summed E-state index contributed by atoms with van der Waals surface area (Å²) in [6.07, 6.45) is 0.129. The smallest absolute Gasteiger partial charge is 0.135 e. The van der Waals surface area contributed by atoms with Crippen LogP contribution in [0.2, 0.25) is 0 Å². The second-order valence-corrected chi connectivity index (χ2v) is 8.81. The van der Waals surface area contributed by atoms with Crippen molar-refractivity contribution in [3.05, 3.63) is 66.7 Å². The molecule has 0 aliphatic rings. The molecule has 3 aromatic carbocycles. The second-order valence-electron chi connectivity index (χ2n) is 8.81. The Bertz CT molecular complexity index is 954. The monoisotopic (exact) mass is 434 g/mol. The summed E-state index contributed by atoms with van der Waals surface area (Å²) in [5, 5.41) is 0. The molecule has 1 unspecified atom stereocenters. The third kappa shape index (κ3) is 5.43. The van der Waals surface area contributed by atoms with Gasteiger partial charge in [0.05, 0.1) is 26.9 Å². The molecule has 0 saturated heterocycles. The minimum atomic E-state index is 0.0812. The average Bonchev–Trinajstić information content (AvgIpc) is 2.80. The van der Waals surface area contributed by atoms with Gasteiger partial charge in [0.15, 0.2) is 0 Å². The van der Waals surface area contributed by atoms with Crippen LogP contribution in [0.3, 0.4) is 0 Å². The van der Waals surface area contributed by atoms with Gasteiger partial charge in [0.1, 0.15) is 23.9 Å². The van der Waals surface area contributed by atoms with Crippen LogP contribution in [0.15, 0.2) is 66.7 Å². The molecule has 4 heteroatoms. The summed E-state index contributed by atoms with van der Waals surface area (Å²) in [5.74, 6) is 2.38. The fourth-order valence-electron chi connectivity index (χ4n) is 3.47. The number of methoxy groups -OCH3 is 2. The van der Waals surface area contributed by atoms with E-state index in [1.165, 1.54) is 0 Å². The molecule has 32 heavy (non-hydrogen) atoms. The van der Waals surface area contributed by atoms with E-state index in [-0.39, 0.29) is 11.5 Å². The number of benzene rings is 3. The molecule has 4 nitrogen and oxygen atoms in total. The first-order chi connectivity index (χ1) is 15.4. The summed E-state index contributed by atoms with van der Waals surface area (Å²) in [7, 11) is 3.37. The van der Waals surface area contributed by atoms with Crippen LogP contribution in [0.1, 0.15) is 27.7 Å². The molecule has 0 amide bonds. The Hall–Kier alpha value is -2.98. The highest BCUT2D eigenvalue weighted by Gasteiger charge is 2.21. The number of ether oxygens (including phenoxy) is 4. The van der Waals surface area contributed by atoms with E-state index in [1.807, 2.05) is 54.6 Å². The normalized spacial score (nSPS) is 12.3. The zero-order valence-corrected chi connectivity index (χ0v) is 20.0. The summed E-state index contributed by atoms with van der Waals surface area (Å²) in [4.78, 5) is 0. The largest absolute Gasteiger partial charge is 0.496 e. The number of hydrogen-bond donors (Lipinski definition) is 0. The maximum Gasteiger partial charge on any atom is 0.135 e. The first-order valence-electron chi connectivity index (χ1n) is 11.0. The Labute approximate surface area is 192 Å². The van der Waals surface area contributed by atoms with Crippen molar-refractivity contribution in [1.82, 2.24) is 0 Å². The quantitative estimate of drug-likeness (QED) is 0.344. The lowest BCUT2D eigenvalue weighted by molar-refractivity contribution is -0.0163. The predicted molar refractivity (Wildman–Crippen MR) is 131 cm³/mol. The zero-order valence-electron chi connectivity index (χ0n) is 20.0. The van der Waals surface area contributed by atoms with Crippen LogP contribution in [0.25, 0.3) is 22.3 Å². The van der Waals surface area contributed by atoms with Crippen molar-refractivity contribution >= 4 is 0 Å². The average molecular weight is 435 g/mol. The molecule has 0 bridgehead atoms. The van der Waals surface area contributed by atoms with Crippen molar-refractivity contribution in [3.63, 3.8) is 0 Å². The Balaban J connectivity index is 2.01. The van der Waals surface area contributed by atoms with Crippen LogP contribution in [0.5, 0.6) is 17.2 Å². The zero-order chi connectivity index (χ0) is 23.1. The van der Waals surface area contributed by atoms with Crippen molar-refractivity contribution in [3.8, 4) is 39.5 Å². The molecule has 0 N–H and O–H groups in total. The Kier molecular flexibility index (Phi) is 7.81. The molecule has 0 radical (unpaired) electrons. The molecule has 0 spiro atoms. The maximum atomic E-state index is 6.40. The highest BCUT2D eigenvalue weighted by atomic mass is 16.5. The highest BCUT2D eigenvalue weighted by molar-refractivity contribution is 5.86. The van der Waals surface area contributed by atoms with E-state index < -0.39 is 0 Å². The molecule has 0 aliphatic carbocycles. The molecular weight excluding hydrogens is 400 g/mol. The number of hydrogen-bond acceptors (Lipinski definition) is 4. The van der Waals surface area contributed by atoms with Crippen LogP contribution in [-0.2, 0) is 4.74 Å². The van der Waals surface area contributed by atoms with Gasteiger partial charge in [-0.25, -0.2) is 0 Å². The lowest BCUT2D eigenvalue weighted by atomic mass is 9.90. The van der Waals surface area contributed by atoms with Crippen molar-refractivity contribution in [2.75, 3.05) is 27.4 Å². The first-order valence-corrected chi connectivity index (χ1v) is 11.0. The van der Waals surface area contributed by atoms with Crippen LogP contribution in [-0.4, -0.2) is 33.5 Å². The molecule has 1 atom stereocenters. The highest BCUT2D eigenvalue weighted by Crippen LogP contribution is 2.44. The second kappa shape index (κ2) is 10.6. The maximum absolute atomic E-state index is 6.40. The molecular formula is C28H34O4. The molecule has 3 rings (SSSR count). The molecule has 170 valence electrons. The van der Waals surface area contributed by atoms with Gasteiger partial charge >= 0.3 is 0 Å². The lowest BCUT2D eigenvalue weighted by Gasteiger charge is -2.27. The summed E-state index contributed by atoms with van der Waals surface area (Å²) in [6, 6.07) is 22.1. The van der Waals surface area contributed by atoms with Crippen molar-refractivity contribution in [2.45, 2.75) is 33.8 Å². The van der Waals surface area contributed by atoms with E-state index in [4.69, 9.17) is 18.9 Å². The van der Waals surface area contributed by atoms with Gasteiger partial charge in [-0.15, -0.1) is 0 Å². The van der Waals surface area contributed by atoms with E-state index in [0.29, 0.717) is 13.2 Å². The van der Waals surface area contributed by atoms with Gasteiger partial charge in [-0.1, -0.05) is 75.4 Å². The Morgan fingerprint density at radius 3 is 1.59 bits per heavy atom. The molecule has 0 aliphatic heterocycles. The fourth-order valence-corrected chi connectivity index (χ4v) is 3.47. The molecule has 3 aromatic rings. The van der Waals surface area contributed by atoms with Gasteiger partial charge in [0.2, 0.25) is 0 Å². The third-order valence-corrected chi connectivity index (χ3v) is 5.73. The summed E-state index contributed by atoms with van der Waals surface area (Å²) in [6.45, 7) is 9.57. The van der Waals surface area contributed by atoms with E-state index >= 15 is 0 Å². The van der Waals surface area contributed by atoms with Crippen LogP contribution >= 0.6 is 0 Å². The SMILES string of the molecule is COc1ccccc1-c1cccc(-c2ccccc2OC)c1OCCOC(C)C(C)(C)C. The molecule has 0 saturated carbocycles. The van der Waals surface area contributed by atoms with Crippen molar-refractivity contribution in [2.24, 2.45) is 5.41 Å². The summed E-state index contributed by atoms with van der Waals surface area (Å²) >= 11 is 0. The lowest BCUT2D eigenvalue weighted by Crippen LogP contribution is -2.27. The number of para-hydroxylation sites is 3. The van der Waals surface area contributed by atoms with Gasteiger partial charge in [0, 0.05) is 22.3 Å². The Morgan fingerprint density at radius 2 is 1.12 bits per heavy atom. The van der Waals surface area contributed by atoms with Crippen molar-refractivity contribution < 1.29 is 18.9 Å². The van der Waals surface area contributed by atoms with Gasteiger partial charge < -0.3 is 18.9 Å². The molecule has 0 aromatic heterocycles. The minimum absolute atomic E-state index is 0.0812. The van der Waals surface area contributed by atoms with E-state index in [9.17, 15) is 0 Å².